The van der Waals surface area contributed by atoms with Crippen LogP contribution >= 0.6 is 0 Å². The predicted molar refractivity (Wildman–Crippen MR) is 75.4 cm³/mol. The van der Waals surface area contributed by atoms with Crippen molar-refractivity contribution in [3.63, 3.8) is 0 Å². The number of para-hydroxylation sites is 1. The summed E-state index contributed by atoms with van der Waals surface area (Å²) in [6.07, 6.45) is 4.44. The van der Waals surface area contributed by atoms with Crippen LogP contribution in [0.15, 0.2) is 47.7 Å². The number of benzene rings is 1. The molecule has 1 aromatic rings. The van der Waals surface area contributed by atoms with E-state index in [0.29, 0.717) is 0 Å². The number of fused-ring (bicyclic) bond motifs is 1. The van der Waals surface area contributed by atoms with Crippen molar-refractivity contribution in [1.82, 2.24) is 0 Å². The van der Waals surface area contributed by atoms with Crippen LogP contribution in [-0.4, -0.2) is 7.05 Å². The van der Waals surface area contributed by atoms with Crippen molar-refractivity contribution in [2.75, 3.05) is 11.9 Å². The van der Waals surface area contributed by atoms with Crippen molar-refractivity contribution >= 4 is 5.69 Å². The van der Waals surface area contributed by atoms with E-state index in [0.717, 1.165) is 0 Å². The fraction of sp³-hybridized carbons (Fsp3) is 0.375. The van der Waals surface area contributed by atoms with Crippen molar-refractivity contribution in [1.29, 1.82) is 0 Å². The van der Waals surface area contributed by atoms with E-state index in [4.69, 9.17) is 0 Å². The van der Waals surface area contributed by atoms with E-state index in [2.05, 4.69) is 76.1 Å². The van der Waals surface area contributed by atoms with Gasteiger partial charge in [-0.15, -0.1) is 0 Å². The molecule has 0 spiro atoms. The number of nitrogens with zero attached hydrogens (tertiary/aromatic N) is 1. The maximum atomic E-state index is 2.30. The quantitative estimate of drug-likeness (QED) is 0.692. The summed E-state index contributed by atoms with van der Waals surface area (Å²) in [7, 11) is 2.15. The second kappa shape index (κ2) is 4.06. The van der Waals surface area contributed by atoms with Crippen LogP contribution in [0.4, 0.5) is 5.69 Å². The molecule has 0 bridgehead atoms. The smallest absolute Gasteiger partial charge is 0.0447 e. The molecular formula is C16H21N. The summed E-state index contributed by atoms with van der Waals surface area (Å²) in [5, 5.41) is 0. The first-order valence-electron chi connectivity index (χ1n) is 6.13. The summed E-state index contributed by atoms with van der Waals surface area (Å²) in [5.74, 6) is 0. The Bertz CT molecular complexity index is 488. The minimum atomic E-state index is 0.0945. The second-order valence-electron chi connectivity index (χ2n) is 5.50. The Morgan fingerprint density at radius 2 is 1.82 bits per heavy atom. The van der Waals surface area contributed by atoms with Crippen molar-refractivity contribution in [3.05, 3.63) is 53.3 Å². The molecule has 0 amide bonds. The molecule has 0 unspecified atom stereocenters. The third-order valence-electron chi connectivity index (χ3n) is 3.51. The molecule has 17 heavy (non-hydrogen) atoms. The fourth-order valence-corrected chi connectivity index (χ4v) is 2.55. The van der Waals surface area contributed by atoms with Gasteiger partial charge in [0, 0.05) is 23.8 Å². The van der Waals surface area contributed by atoms with Gasteiger partial charge in [-0.2, -0.15) is 0 Å². The molecule has 0 saturated carbocycles. The summed E-state index contributed by atoms with van der Waals surface area (Å²) in [5.41, 5.74) is 5.52. The standard InChI is InChI=1S/C16H21N/c1-12(2)10-11-15-16(3,4)13-8-6-7-9-14(13)17(15)5/h6-11H,1-5H3. The summed E-state index contributed by atoms with van der Waals surface area (Å²) in [4.78, 5) is 2.30. The first-order chi connectivity index (χ1) is 7.94. The van der Waals surface area contributed by atoms with Gasteiger partial charge in [0.2, 0.25) is 0 Å². The van der Waals surface area contributed by atoms with E-state index in [9.17, 15) is 0 Å². The van der Waals surface area contributed by atoms with Gasteiger partial charge >= 0.3 is 0 Å². The number of likely N-dealkylation sites (N-methyl/N-ethyl adjacent to an activating group) is 1. The number of allylic oxidation sites excluding steroid dienone is 4. The van der Waals surface area contributed by atoms with Crippen molar-refractivity contribution < 1.29 is 0 Å². The monoisotopic (exact) mass is 227 g/mol. The molecule has 90 valence electrons. The Labute approximate surface area is 104 Å². The largest absolute Gasteiger partial charge is 0.347 e. The van der Waals surface area contributed by atoms with E-state index in [1.807, 2.05) is 0 Å². The molecule has 1 aliphatic rings. The van der Waals surface area contributed by atoms with Gasteiger partial charge in [0.1, 0.15) is 0 Å². The van der Waals surface area contributed by atoms with Gasteiger partial charge in [-0.25, -0.2) is 0 Å². The molecule has 1 heteroatoms. The number of rotatable bonds is 1. The van der Waals surface area contributed by atoms with Crippen LogP contribution in [-0.2, 0) is 5.41 Å². The lowest BCUT2D eigenvalue weighted by Crippen LogP contribution is -2.22. The van der Waals surface area contributed by atoms with E-state index in [1.54, 1.807) is 0 Å². The predicted octanol–water partition coefficient (Wildman–Crippen LogP) is 4.26. The highest BCUT2D eigenvalue weighted by Crippen LogP contribution is 2.46. The number of hydrogen-bond acceptors (Lipinski definition) is 1. The molecule has 0 N–H and O–H groups in total. The molecule has 1 aliphatic heterocycles. The van der Waals surface area contributed by atoms with Gasteiger partial charge in [-0.1, -0.05) is 43.7 Å². The van der Waals surface area contributed by atoms with E-state index in [1.165, 1.54) is 22.5 Å². The zero-order valence-electron chi connectivity index (χ0n) is 11.4. The third kappa shape index (κ3) is 1.90. The summed E-state index contributed by atoms with van der Waals surface area (Å²) >= 11 is 0. The highest BCUT2D eigenvalue weighted by molar-refractivity contribution is 5.70. The SMILES string of the molecule is CC(C)=CC=C1N(C)c2ccccc2C1(C)C. The van der Waals surface area contributed by atoms with Crippen LogP contribution < -0.4 is 4.90 Å². The first kappa shape index (κ1) is 12.0. The minimum Gasteiger partial charge on any atom is -0.347 e. The van der Waals surface area contributed by atoms with E-state index >= 15 is 0 Å². The molecule has 0 fully saturated rings. The Morgan fingerprint density at radius 1 is 1.18 bits per heavy atom. The third-order valence-corrected chi connectivity index (χ3v) is 3.51. The molecule has 0 aliphatic carbocycles. The van der Waals surface area contributed by atoms with Gasteiger partial charge in [-0.3, -0.25) is 0 Å². The molecule has 0 radical (unpaired) electrons. The summed E-state index contributed by atoms with van der Waals surface area (Å²) in [6.45, 7) is 8.85. The normalized spacial score (nSPS) is 19.4. The van der Waals surface area contributed by atoms with Gasteiger partial charge in [0.25, 0.3) is 0 Å². The zero-order chi connectivity index (χ0) is 12.6. The first-order valence-corrected chi connectivity index (χ1v) is 6.13. The molecule has 1 heterocycles. The summed E-state index contributed by atoms with van der Waals surface area (Å²) < 4.78 is 0. The Hall–Kier alpha value is -1.50. The highest BCUT2D eigenvalue weighted by atomic mass is 15.2. The van der Waals surface area contributed by atoms with Crippen LogP contribution in [0, 0.1) is 0 Å². The van der Waals surface area contributed by atoms with E-state index in [-0.39, 0.29) is 5.41 Å². The Balaban J connectivity index is 2.54. The molecule has 1 aromatic carbocycles. The van der Waals surface area contributed by atoms with Gasteiger partial charge in [0.15, 0.2) is 0 Å². The van der Waals surface area contributed by atoms with Gasteiger partial charge in [-0.05, 0) is 31.6 Å². The molecular weight excluding hydrogens is 206 g/mol. The minimum absolute atomic E-state index is 0.0945. The number of hydrogen-bond donors (Lipinski definition) is 0. The maximum absolute atomic E-state index is 2.30. The average Bonchev–Trinajstić information content (AvgIpc) is 2.46. The van der Waals surface area contributed by atoms with Crippen LogP contribution in [0.1, 0.15) is 33.3 Å². The molecule has 2 rings (SSSR count). The Morgan fingerprint density at radius 3 is 2.41 bits per heavy atom. The summed E-state index contributed by atoms with van der Waals surface area (Å²) in [6, 6.07) is 8.66. The lowest BCUT2D eigenvalue weighted by atomic mass is 9.84. The maximum Gasteiger partial charge on any atom is 0.0447 e. The van der Waals surface area contributed by atoms with Crippen molar-refractivity contribution in [2.24, 2.45) is 0 Å². The highest BCUT2D eigenvalue weighted by Gasteiger charge is 2.37. The van der Waals surface area contributed by atoms with Crippen LogP contribution in [0.2, 0.25) is 0 Å². The number of anilines is 1. The van der Waals surface area contributed by atoms with Gasteiger partial charge in [0.05, 0.1) is 0 Å². The zero-order valence-corrected chi connectivity index (χ0v) is 11.4. The molecule has 0 atom stereocenters. The van der Waals surface area contributed by atoms with Crippen LogP contribution in [0.5, 0.6) is 0 Å². The second-order valence-corrected chi connectivity index (χ2v) is 5.50. The molecule has 1 nitrogen and oxygen atoms in total. The van der Waals surface area contributed by atoms with E-state index < -0.39 is 0 Å². The molecule has 0 aromatic heterocycles. The lowest BCUT2D eigenvalue weighted by Gasteiger charge is -2.23. The fourth-order valence-electron chi connectivity index (χ4n) is 2.55. The topological polar surface area (TPSA) is 3.24 Å². The van der Waals surface area contributed by atoms with Crippen LogP contribution in [0.25, 0.3) is 0 Å². The van der Waals surface area contributed by atoms with Gasteiger partial charge < -0.3 is 4.90 Å². The molecule has 0 saturated heterocycles. The van der Waals surface area contributed by atoms with Crippen molar-refractivity contribution in [2.45, 2.75) is 33.1 Å². The lowest BCUT2D eigenvalue weighted by molar-refractivity contribution is 0.640. The van der Waals surface area contributed by atoms with Crippen LogP contribution in [0.3, 0.4) is 0 Å². The van der Waals surface area contributed by atoms with Crippen molar-refractivity contribution in [3.8, 4) is 0 Å². The Kier molecular flexibility index (Phi) is 2.86. The average molecular weight is 227 g/mol.